The van der Waals surface area contributed by atoms with Gasteiger partial charge >= 0.3 is 5.97 Å². The quantitative estimate of drug-likeness (QED) is 0.863. The third-order valence-electron chi connectivity index (χ3n) is 3.49. The van der Waals surface area contributed by atoms with E-state index in [1.54, 1.807) is 31.2 Å². The zero-order valence-corrected chi connectivity index (χ0v) is 14.3. The largest absolute Gasteiger partial charge is 0.477 e. The summed E-state index contributed by atoms with van der Waals surface area (Å²) in [6.07, 6.45) is 1.34. The molecule has 6 nitrogen and oxygen atoms in total. The molecule has 0 saturated heterocycles. The summed E-state index contributed by atoms with van der Waals surface area (Å²) >= 11 is 6.05. The minimum Gasteiger partial charge on any atom is -0.477 e. The summed E-state index contributed by atoms with van der Waals surface area (Å²) in [7, 11) is -2.38. The predicted octanol–water partition coefficient (Wildman–Crippen LogP) is 2.68. The van der Waals surface area contributed by atoms with Crippen LogP contribution in [0.5, 0.6) is 0 Å². The maximum atomic E-state index is 12.6. The van der Waals surface area contributed by atoms with Crippen LogP contribution < -0.4 is 0 Å². The minimum absolute atomic E-state index is 0.0497. The molecular weight excluding hydrogens is 340 g/mol. The molecule has 1 aromatic heterocycles. The highest BCUT2D eigenvalue weighted by molar-refractivity contribution is 7.89. The molecule has 1 aromatic carbocycles. The van der Waals surface area contributed by atoms with E-state index < -0.39 is 16.0 Å². The molecule has 23 heavy (non-hydrogen) atoms. The van der Waals surface area contributed by atoms with Crippen molar-refractivity contribution in [2.45, 2.75) is 24.9 Å². The van der Waals surface area contributed by atoms with Crippen LogP contribution in [0.15, 0.2) is 41.4 Å². The number of hydrogen-bond acceptors (Lipinski definition) is 3. The normalized spacial score (nSPS) is 11.8. The van der Waals surface area contributed by atoms with E-state index in [0.29, 0.717) is 17.1 Å². The van der Waals surface area contributed by atoms with Gasteiger partial charge in [0.15, 0.2) is 0 Å². The molecule has 8 heteroatoms. The lowest BCUT2D eigenvalue weighted by molar-refractivity contribution is 0.0685. The summed E-state index contributed by atoms with van der Waals surface area (Å²) in [6.45, 7) is 2.21. The molecule has 0 unspecified atom stereocenters. The standard InChI is InChI=1S/C15H17ClN2O4S/c1-3-18-10-12(8-14(18)15(19)20)23(21,22)17(2)9-11-6-4-5-7-13(11)16/h4-8,10H,3,9H2,1-2H3,(H,19,20). The van der Waals surface area contributed by atoms with Gasteiger partial charge in [0, 0.05) is 31.4 Å². The van der Waals surface area contributed by atoms with Crippen molar-refractivity contribution in [3.8, 4) is 0 Å². The molecule has 2 aromatic rings. The fraction of sp³-hybridized carbons (Fsp3) is 0.267. The third kappa shape index (κ3) is 3.57. The number of rotatable bonds is 6. The maximum absolute atomic E-state index is 12.6. The van der Waals surface area contributed by atoms with Crippen LogP contribution in [-0.2, 0) is 23.1 Å². The molecule has 0 atom stereocenters. The van der Waals surface area contributed by atoms with E-state index in [9.17, 15) is 13.2 Å². The summed E-state index contributed by atoms with van der Waals surface area (Å²) in [5, 5.41) is 9.62. The van der Waals surface area contributed by atoms with E-state index in [-0.39, 0.29) is 17.1 Å². The molecule has 0 amide bonds. The topological polar surface area (TPSA) is 79.6 Å². The average molecular weight is 357 g/mol. The number of benzene rings is 1. The number of halogens is 1. The number of carbonyl (C=O) groups is 1. The summed E-state index contributed by atoms with van der Waals surface area (Å²) in [6, 6.07) is 8.14. The fourth-order valence-electron chi connectivity index (χ4n) is 2.20. The lowest BCUT2D eigenvalue weighted by Crippen LogP contribution is -2.26. The SMILES string of the molecule is CCn1cc(S(=O)(=O)N(C)Cc2ccccc2Cl)cc1C(=O)O. The van der Waals surface area contributed by atoms with Crippen LogP contribution in [0.4, 0.5) is 0 Å². The second kappa shape index (κ2) is 6.74. The van der Waals surface area contributed by atoms with Gasteiger partial charge in [-0.2, -0.15) is 4.31 Å². The molecule has 0 aliphatic rings. The van der Waals surface area contributed by atoms with Gasteiger partial charge in [-0.3, -0.25) is 0 Å². The highest BCUT2D eigenvalue weighted by Crippen LogP contribution is 2.22. The average Bonchev–Trinajstić information content (AvgIpc) is 2.94. The van der Waals surface area contributed by atoms with Crippen LogP contribution in [0, 0.1) is 0 Å². The Hall–Kier alpha value is -1.83. The molecule has 1 heterocycles. The smallest absolute Gasteiger partial charge is 0.352 e. The molecule has 124 valence electrons. The van der Waals surface area contributed by atoms with E-state index in [1.165, 1.54) is 23.9 Å². The number of nitrogens with zero attached hydrogens (tertiary/aromatic N) is 2. The number of sulfonamides is 1. The Morgan fingerprint density at radius 2 is 2.00 bits per heavy atom. The van der Waals surface area contributed by atoms with Crippen LogP contribution in [-0.4, -0.2) is 35.4 Å². The molecule has 2 rings (SSSR count). The second-order valence-electron chi connectivity index (χ2n) is 5.00. The Morgan fingerprint density at radius 3 is 2.52 bits per heavy atom. The Morgan fingerprint density at radius 1 is 1.35 bits per heavy atom. The molecule has 0 bridgehead atoms. The lowest BCUT2D eigenvalue weighted by atomic mass is 10.2. The minimum atomic E-state index is -3.81. The van der Waals surface area contributed by atoms with Crippen LogP contribution in [0.2, 0.25) is 5.02 Å². The van der Waals surface area contributed by atoms with Crippen molar-refractivity contribution in [2.75, 3.05) is 7.05 Å². The van der Waals surface area contributed by atoms with E-state index in [4.69, 9.17) is 16.7 Å². The van der Waals surface area contributed by atoms with E-state index in [2.05, 4.69) is 0 Å². The van der Waals surface area contributed by atoms with Crippen LogP contribution in [0.3, 0.4) is 0 Å². The molecule has 0 saturated carbocycles. The monoisotopic (exact) mass is 356 g/mol. The highest BCUT2D eigenvalue weighted by atomic mass is 35.5. The van der Waals surface area contributed by atoms with Crippen LogP contribution in [0.25, 0.3) is 0 Å². The zero-order chi connectivity index (χ0) is 17.2. The van der Waals surface area contributed by atoms with Gasteiger partial charge in [-0.25, -0.2) is 13.2 Å². The van der Waals surface area contributed by atoms with Crippen molar-refractivity contribution in [3.63, 3.8) is 0 Å². The second-order valence-corrected chi connectivity index (χ2v) is 7.46. The Kier molecular flexibility index (Phi) is 5.13. The first-order valence-corrected chi connectivity index (χ1v) is 8.72. The summed E-state index contributed by atoms with van der Waals surface area (Å²) in [4.78, 5) is 11.1. The van der Waals surface area contributed by atoms with Crippen molar-refractivity contribution in [3.05, 3.63) is 52.8 Å². The van der Waals surface area contributed by atoms with Crippen molar-refractivity contribution in [1.82, 2.24) is 8.87 Å². The Balaban J connectivity index is 2.34. The molecule has 0 aliphatic carbocycles. The van der Waals surface area contributed by atoms with Crippen LogP contribution in [0.1, 0.15) is 23.0 Å². The zero-order valence-electron chi connectivity index (χ0n) is 12.7. The third-order valence-corrected chi connectivity index (χ3v) is 5.63. The Labute approximate surface area is 140 Å². The van der Waals surface area contributed by atoms with Gasteiger partial charge in [0.05, 0.1) is 0 Å². The van der Waals surface area contributed by atoms with Gasteiger partial charge in [0.2, 0.25) is 10.0 Å². The molecule has 0 spiro atoms. The van der Waals surface area contributed by atoms with Gasteiger partial charge < -0.3 is 9.67 Å². The number of aromatic carboxylic acids is 1. The van der Waals surface area contributed by atoms with Gasteiger partial charge in [-0.1, -0.05) is 29.8 Å². The van der Waals surface area contributed by atoms with Gasteiger partial charge in [0.1, 0.15) is 10.6 Å². The highest BCUT2D eigenvalue weighted by Gasteiger charge is 2.25. The van der Waals surface area contributed by atoms with Gasteiger partial charge in [0.25, 0.3) is 0 Å². The van der Waals surface area contributed by atoms with Crippen molar-refractivity contribution >= 4 is 27.6 Å². The van der Waals surface area contributed by atoms with Gasteiger partial charge in [-0.15, -0.1) is 0 Å². The van der Waals surface area contributed by atoms with Crippen molar-refractivity contribution in [1.29, 1.82) is 0 Å². The lowest BCUT2D eigenvalue weighted by Gasteiger charge is -2.17. The van der Waals surface area contributed by atoms with Gasteiger partial charge in [-0.05, 0) is 24.6 Å². The molecule has 0 fully saturated rings. The number of aryl methyl sites for hydroxylation is 1. The summed E-state index contributed by atoms with van der Waals surface area (Å²) < 4.78 is 27.8. The molecule has 0 radical (unpaired) electrons. The molecule has 1 N–H and O–H groups in total. The summed E-state index contributed by atoms with van der Waals surface area (Å²) in [5.74, 6) is -1.16. The van der Waals surface area contributed by atoms with Crippen LogP contribution >= 0.6 is 11.6 Å². The number of carboxylic acid groups (broad SMARTS) is 1. The first kappa shape index (κ1) is 17.5. The van der Waals surface area contributed by atoms with E-state index in [0.717, 1.165) is 4.31 Å². The van der Waals surface area contributed by atoms with E-state index in [1.807, 2.05) is 0 Å². The number of hydrogen-bond donors (Lipinski definition) is 1. The number of carboxylic acids is 1. The first-order valence-electron chi connectivity index (χ1n) is 6.90. The van der Waals surface area contributed by atoms with Crippen molar-refractivity contribution < 1.29 is 18.3 Å². The summed E-state index contributed by atoms with van der Waals surface area (Å²) in [5.41, 5.74) is 0.617. The van der Waals surface area contributed by atoms with E-state index >= 15 is 0 Å². The first-order chi connectivity index (χ1) is 10.8. The molecular formula is C15H17ClN2O4S. The maximum Gasteiger partial charge on any atom is 0.352 e. The van der Waals surface area contributed by atoms with Crippen molar-refractivity contribution in [2.24, 2.45) is 0 Å². The molecule has 0 aliphatic heterocycles. The predicted molar refractivity (Wildman–Crippen MR) is 87.2 cm³/mol. The fourth-order valence-corrected chi connectivity index (χ4v) is 3.58. The number of aromatic nitrogens is 1. The Bertz CT molecular complexity index is 830.